The first kappa shape index (κ1) is 18.7. The second kappa shape index (κ2) is 9.66. The van der Waals surface area contributed by atoms with Crippen LogP contribution >= 0.6 is 0 Å². The van der Waals surface area contributed by atoms with Crippen molar-refractivity contribution in [3.8, 4) is 0 Å². The van der Waals surface area contributed by atoms with Gasteiger partial charge in [-0.1, -0.05) is 0 Å². The normalized spacial score (nSPS) is 9.62. The Bertz CT molecular complexity index is 531. The van der Waals surface area contributed by atoms with Crippen LogP contribution in [-0.4, -0.2) is 65.4 Å². The van der Waals surface area contributed by atoms with Crippen LogP contribution in [0, 0.1) is 0 Å². The number of hydrogen-bond donors (Lipinski definition) is 9. The van der Waals surface area contributed by atoms with Crippen LogP contribution in [0.5, 0.6) is 0 Å². The molecule has 2 heterocycles. The molecular formula is C9H18N12O3. The summed E-state index contributed by atoms with van der Waals surface area (Å²) in [6.45, 7) is -0.997. The third-order valence-corrected chi connectivity index (χ3v) is 2.03. The SMILES string of the molecule is Nc1nc(N)nc(N)n1.OCNc1nc(NCO)nc(NCO)n1. The average molecular weight is 342 g/mol. The van der Waals surface area contributed by atoms with Gasteiger partial charge in [0.05, 0.1) is 0 Å². The molecule has 0 amide bonds. The second-order valence-corrected chi connectivity index (χ2v) is 3.72. The molecule has 2 aromatic rings. The van der Waals surface area contributed by atoms with Gasteiger partial charge in [-0.05, 0) is 0 Å². The summed E-state index contributed by atoms with van der Waals surface area (Å²) in [6, 6.07) is 0. The second-order valence-electron chi connectivity index (χ2n) is 3.72. The number of anilines is 6. The van der Waals surface area contributed by atoms with Crippen molar-refractivity contribution >= 4 is 35.7 Å². The summed E-state index contributed by atoms with van der Waals surface area (Å²) in [7, 11) is 0. The van der Waals surface area contributed by atoms with Crippen LogP contribution < -0.4 is 33.2 Å². The van der Waals surface area contributed by atoms with Gasteiger partial charge in [-0.2, -0.15) is 29.9 Å². The number of hydrogen-bond acceptors (Lipinski definition) is 15. The highest BCUT2D eigenvalue weighted by Crippen LogP contribution is 2.08. The largest absolute Gasteiger partial charge is 0.376 e. The third-order valence-electron chi connectivity index (χ3n) is 2.03. The summed E-state index contributed by atoms with van der Waals surface area (Å²) in [4.78, 5) is 21.9. The number of aromatic nitrogens is 6. The lowest BCUT2D eigenvalue weighted by Gasteiger charge is -2.07. The number of nitrogens with two attached hydrogens (primary N) is 3. The van der Waals surface area contributed by atoms with Crippen LogP contribution in [0.1, 0.15) is 0 Å². The molecule has 2 rings (SSSR count). The zero-order valence-corrected chi connectivity index (χ0v) is 12.4. The lowest BCUT2D eigenvalue weighted by Crippen LogP contribution is -2.13. The highest BCUT2D eigenvalue weighted by Gasteiger charge is 2.04. The molecule has 132 valence electrons. The molecule has 0 aromatic carbocycles. The standard InChI is InChI=1S/C6H12N6O3.C3H6N6/c13-1-7-4-10-5(8-2-14)12-6(11-4)9-3-15;4-1-7-2(5)9-3(6)8-1/h13-15H,1-3H2,(H3,7,8,9,10,11,12);(H6,4,5,6,7,8,9). The summed E-state index contributed by atoms with van der Waals surface area (Å²) in [5, 5.41) is 33.2. The fourth-order valence-corrected chi connectivity index (χ4v) is 1.25. The topological polar surface area (TPSA) is 252 Å². The summed E-state index contributed by atoms with van der Waals surface area (Å²) < 4.78 is 0. The Labute approximate surface area is 135 Å². The van der Waals surface area contributed by atoms with Gasteiger partial charge < -0.3 is 48.5 Å². The fourth-order valence-electron chi connectivity index (χ4n) is 1.25. The molecule has 0 radical (unpaired) electrons. The summed E-state index contributed by atoms with van der Waals surface area (Å²) >= 11 is 0. The van der Waals surface area contributed by atoms with E-state index >= 15 is 0 Å². The molecule has 0 bridgehead atoms. The molecule has 15 heteroatoms. The van der Waals surface area contributed by atoms with Crippen molar-refractivity contribution in [1.82, 2.24) is 29.9 Å². The van der Waals surface area contributed by atoms with Crippen LogP contribution in [0.3, 0.4) is 0 Å². The van der Waals surface area contributed by atoms with Crippen molar-refractivity contribution < 1.29 is 15.3 Å². The number of rotatable bonds is 6. The van der Waals surface area contributed by atoms with Crippen molar-refractivity contribution in [2.75, 3.05) is 53.3 Å². The summed E-state index contributed by atoms with van der Waals surface area (Å²) in [6.07, 6.45) is 0. The van der Waals surface area contributed by atoms with Gasteiger partial charge in [0.15, 0.2) is 0 Å². The van der Waals surface area contributed by atoms with Gasteiger partial charge in [0.1, 0.15) is 20.2 Å². The molecule has 0 saturated heterocycles. The zero-order chi connectivity index (χ0) is 17.9. The Morgan fingerprint density at radius 2 is 0.792 bits per heavy atom. The molecule has 15 nitrogen and oxygen atoms in total. The van der Waals surface area contributed by atoms with Gasteiger partial charge in [0, 0.05) is 0 Å². The predicted molar refractivity (Wildman–Crippen MR) is 85.0 cm³/mol. The van der Waals surface area contributed by atoms with Crippen molar-refractivity contribution in [2.45, 2.75) is 0 Å². The van der Waals surface area contributed by atoms with Gasteiger partial charge in [-0.15, -0.1) is 0 Å². The van der Waals surface area contributed by atoms with Gasteiger partial charge in [0.2, 0.25) is 35.7 Å². The molecule has 0 fully saturated rings. The lowest BCUT2D eigenvalue weighted by molar-refractivity contribution is 0.322. The predicted octanol–water partition coefficient (Wildman–Crippen LogP) is -3.43. The molecule has 24 heavy (non-hydrogen) atoms. The van der Waals surface area contributed by atoms with E-state index in [1.54, 1.807) is 0 Å². The number of nitrogens with zero attached hydrogens (tertiary/aromatic N) is 6. The monoisotopic (exact) mass is 342 g/mol. The summed E-state index contributed by atoms with van der Waals surface area (Å²) in [5.74, 6) is 0.498. The van der Waals surface area contributed by atoms with E-state index in [1.807, 2.05) is 0 Å². The van der Waals surface area contributed by atoms with E-state index in [0.29, 0.717) is 0 Å². The Morgan fingerprint density at radius 1 is 0.542 bits per heavy atom. The van der Waals surface area contributed by atoms with Crippen molar-refractivity contribution in [3.05, 3.63) is 0 Å². The van der Waals surface area contributed by atoms with E-state index in [1.165, 1.54) is 0 Å². The number of nitrogen functional groups attached to an aromatic ring is 3. The molecule has 0 aliphatic carbocycles. The van der Waals surface area contributed by atoms with Crippen LogP contribution in [0.15, 0.2) is 0 Å². The third kappa shape index (κ3) is 6.64. The Morgan fingerprint density at radius 3 is 1.00 bits per heavy atom. The van der Waals surface area contributed by atoms with Crippen molar-refractivity contribution in [1.29, 1.82) is 0 Å². The lowest BCUT2D eigenvalue weighted by atomic mass is 10.8. The quantitative estimate of drug-likeness (QED) is 0.231. The van der Waals surface area contributed by atoms with Crippen LogP contribution in [0.4, 0.5) is 35.7 Å². The van der Waals surface area contributed by atoms with E-state index in [2.05, 4.69) is 45.9 Å². The number of aliphatic hydroxyl groups excluding tert-OH is 3. The van der Waals surface area contributed by atoms with Crippen molar-refractivity contribution in [2.24, 2.45) is 0 Å². The molecule has 2 aromatic heterocycles. The smallest absolute Gasteiger partial charge is 0.231 e. The maximum atomic E-state index is 8.61. The first-order chi connectivity index (χ1) is 11.5. The first-order valence-electron chi connectivity index (χ1n) is 6.31. The molecule has 0 aliphatic rings. The maximum Gasteiger partial charge on any atom is 0.231 e. The highest BCUT2D eigenvalue weighted by molar-refractivity contribution is 5.41. The Balaban J connectivity index is 0.000000272. The van der Waals surface area contributed by atoms with Gasteiger partial charge in [0.25, 0.3) is 0 Å². The highest BCUT2D eigenvalue weighted by atomic mass is 16.3. The number of nitrogens with one attached hydrogen (secondary N) is 3. The molecular weight excluding hydrogens is 324 g/mol. The minimum atomic E-state index is -0.332. The van der Waals surface area contributed by atoms with Crippen LogP contribution in [0.25, 0.3) is 0 Å². The molecule has 0 aliphatic heterocycles. The first-order valence-corrected chi connectivity index (χ1v) is 6.31. The van der Waals surface area contributed by atoms with Crippen LogP contribution in [-0.2, 0) is 0 Å². The molecule has 0 unspecified atom stereocenters. The van der Waals surface area contributed by atoms with Gasteiger partial charge >= 0.3 is 0 Å². The van der Waals surface area contributed by atoms with E-state index in [9.17, 15) is 0 Å². The Kier molecular flexibility index (Phi) is 7.55. The Hall–Kier alpha value is -3.30. The minimum absolute atomic E-state index is 0.0417. The van der Waals surface area contributed by atoms with Gasteiger partial charge in [-0.3, -0.25) is 0 Å². The van der Waals surface area contributed by atoms with E-state index in [4.69, 9.17) is 32.5 Å². The maximum absolute atomic E-state index is 8.61. The molecule has 0 atom stereocenters. The van der Waals surface area contributed by atoms with E-state index in [-0.39, 0.29) is 55.9 Å². The molecule has 0 saturated carbocycles. The summed E-state index contributed by atoms with van der Waals surface area (Å²) in [5.41, 5.74) is 15.4. The van der Waals surface area contributed by atoms with Gasteiger partial charge in [-0.25, -0.2) is 0 Å². The average Bonchev–Trinajstić information content (AvgIpc) is 2.47. The van der Waals surface area contributed by atoms with Crippen LogP contribution in [0.2, 0.25) is 0 Å². The molecule has 0 spiro atoms. The minimum Gasteiger partial charge on any atom is -0.376 e. The number of aliphatic hydroxyl groups is 3. The van der Waals surface area contributed by atoms with Crippen molar-refractivity contribution in [3.63, 3.8) is 0 Å². The fraction of sp³-hybridized carbons (Fsp3) is 0.333. The zero-order valence-electron chi connectivity index (χ0n) is 12.4. The van der Waals surface area contributed by atoms with E-state index < -0.39 is 0 Å². The van der Waals surface area contributed by atoms with E-state index in [0.717, 1.165) is 0 Å². The molecule has 12 N–H and O–H groups in total.